The van der Waals surface area contributed by atoms with E-state index >= 15 is 0 Å². The predicted molar refractivity (Wildman–Crippen MR) is 74.8 cm³/mol. The fourth-order valence-corrected chi connectivity index (χ4v) is 2.83. The highest BCUT2D eigenvalue weighted by Crippen LogP contribution is 2.31. The molecule has 1 fully saturated rings. The Bertz CT molecular complexity index is 419. The molecule has 1 aromatic rings. The number of anilines is 1. The van der Waals surface area contributed by atoms with Crippen LogP contribution < -0.4 is 10.1 Å². The van der Waals surface area contributed by atoms with Crippen LogP contribution in [0.1, 0.15) is 26.7 Å². The fourth-order valence-electron chi connectivity index (χ4n) is 1.80. The van der Waals surface area contributed by atoms with Crippen LogP contribution in [0.2, 0.25) is 0 Å². The summed E-state index contributed by atoms with van der Waals surface area (Å²) in [5.74, 6) is 0.572. The molecular formula is C12H20N4O2S. The number of rotatable bonds is 6. The SMILES string of the molecule is CCCNc1nc(OC)nc(SC2CCOC2C)n1. The molecular weight excluding hydrogens is 264 g/mol. The Kier molecular flexibility index (Phi) is 5.21. The zero-order chi connectivity index (χ0) is 13.7. The molecule has 0 aliphatic carbocycles. The summed E-state index contributed by atoms with van der Waals surface area (Å²) in [4.78, 5) is 12.9. The standard InChI is InChI=1S/C12H20N4O2S/c1-4-6-13-10-14-11(17-3)16-12(15-10)19-9-5-7-18-8(9)2/h8-9H,4-7H2,1-3H3,(H,13,14,15,16). The van der Waals surface area contributed by atoms with E-state index in [0.717, 1.165) is 26.0 Å². The van der Waals surface area contributed by atoms with Crippen molar-refractivity contribution < 1.29 is 9.47 Å². The molecule has 0 bridgehead atoms. The monoisotopic (exact) mass is 284 g/mol. The van der Waals surface area contributed by atoms with Crippen molar-refractivity contribution in [2.24, 2.45) is 0 Å². The molecule has 1 N–H and O–H groups in total. The highest BCUT2D eigenvalue weighted by atomic mass is 32.2. The average Bonchev–Trinajstić information content (AvgIpc) is 2.81. The minimum atomic E-state index is 0.236. The van der Waals surface area contributed by atoms with Gasteiger partial charge in [-0.25, -0.2) is 0 Å². The second-order valence-corrected chi connectivity index (χ2v) is 5.58. The Labute approximate surface area is 117 Å². The van der Waals surface area contributed by atoms with Crippen LogP contribution in [-0.2, 0) is 4.74 Å². The molecule has 0 radical (unpaired) electrons. The summed E-state index contributed by atoms with van der Waals surface area (Å²) in [7, 11) is 1.56. The number of ether oxygens (including phenoxy) is 2. The predicted octanol–water partition coefficient (Wildman–Crippen LogP) is 1.97. The molecule has 1 aliphatic rings. The first kappa shape index (κ1) is 14.3. The van der Waals surface area contributed by atoms with Gasteiger partial charge in [0.15, 0.2) is 5.16 Å². The zero-order valence-corrected chi connectivity index (χ0v) is 12.4. The van der Waals surface area contributed by atoms with Crippen molar-refractivity contribution in [1.82, 2.24) is 15.0 Å². The number of thioether (sulfide) groups is 1. The van der Waals surface area contributed by atoms with Gasteiger partial charge < -0.3 is 14.8 Å². The van der Waals surface area contributed by atoms with Crippen molar-refractivity contribution in [1.29, 1.82) is 0 Å². The largest absolute Gasteiger partial charge is 0.467 e. The third-order valence-electron chi connectivity index (χ3n) is 2.87. The van der Waals surface area contributed by atoms with E-state index in [0.29, 0.717) is 22.4 Å². The van der Waals surface area contributed by atoms with Gasteiger partial charge in [0.25, 0.3) is 0 Å². The van der Waals surface area contributed by atoms with Gasteiger partial charge in [-0.3, -0.25) is 0 Å². The maximum absolute atomic E-state index is 5.55. The minimum absolute atomic E-state index is 0.236. The highest BCUT2D eigenvalue weighted by molar-refractivity contribution is 7.99. The molecule has 2 rings (SSSR count). The lowest BCUT2D eigenvalue weighted by Gasteiger charge is -2.13. The third kappa shape index (κ3) is 3.94. The Morgan fingerprint density at radius 1 is 1.42 bits per heavy atom. The van der Waals surface area contributed by atoms with Crippen molar-refractivity contribution in [3.8, 4) is 6.01 Å². The van der Waals surface area contributed by atoms with Gasteiger partial charge in [0.2, 0.25) is 5.95 Å². The molecule has 2 unspecified atom stereocenters. The summed E-state index contributed by atoms with van der Waals surface area (Å²) >= 11 is 1.63. The molecule has 7 heteroatoms. The molecule has 6 nitrogen and oxygen atoms in total. The molecule has 0 amide bonds. The number of nitrogens with one attached hydrogen (secondary N) is 1. The van der Waals surface area contributed by atoms with E-state index < -0.39 is 0 Å². The van der Waals surface area contributed by atoms with Crippen molar-refractivity contribution in [2.45, 2.75) is 43.2 Å². The Hall–Kier alpha value is -1.08. The molecule has 0 spiro atoms. The second-order valence-electron chi connectivity index (χ2n) is 4.38. The van der Waals surface area contributed by atoms with E-state index in [4.69, 9.17) is 9.47 Å². The normalized spacial score (nSPS) is 22.5. The van der Waals surface area contributed by atoms with Crippen molar-refractivity contribution in [3.63, 3.8) is 0 Å². The Morgan fingerprint density at radius 3 is 2.89 bits per heavy atom. The van der Waals surface area contributed by atoms with Crippen molar-refractivity contribution in [2.75, 3.05) is 25.6 Å². The van der Waals surface area contributed by atoms with Gasteiger partial charge in [0.05, 0.1) is 13.2 Å². The second kappa shape index (κ2) is 6.91. The molecule has 19 heavy (non-hydrogen) atoms. The number of methoxy groups -OCH3 is 1. The molecule has 0 saturated carbocycles. The molecule has 106 valence electrons. The Balaban J connectivity index is 2.09. The summed E-state index contributed by atoms with van der Waals surface area (Å²) in [6.07, 6.45) is 2.28. The summed E-state index contributed by atoms with van der Waals surface area (Å²) in [5, 5.41) is 4.24. The van der Waals surface area contributed by atoms with Gasteiger partial charge >= 0.3 is 6.01 Å². The summed E-state index contributed by atoms with van der Waals surface area (Å²) in [5.41, 5.74) is 0. The highest BCUT2D eigenvalue weighted by Gasteiger charge is 2.26. The first-order valence-electron chi connectivity index (χ1n) is 6.55. The lowest BCUT2D eigenvalue weighted by molar-refractivity contribution is 0.127. The quantitative estimate of drug-likeness (QED) is 0.856. The minimum Gasteiger partial charge on any atom is -0.467 e. The maximum Gasteiger partial charge on any atom is 0.321 e. The number of hydrogen-bond donors (Lipinski definition) is 1. The van der Waals surface area contributed by atoms with Gasteiger partial charge in [-0.2, -0.15) is 15.0 Å². The van der Waals surface area contributed by atoms with Gasteiger partial charge in [0.1, 0.15) is 0 Å². The van der Waals surface area contributed by atoms with E-state index in [2.05, 4.69) is 34.1 Å². The molecule has 2 atom stereocenters. The summed E-state index contributed by atoms with van der Waals surface area (Å²) in [6, 6.07) is 0.350. The first-order chi connectivity index (χ1) is 9.22. The van der Waals surface area contributed by atoms with E-state index in [-0.39, 0.29) is 6.10 Å². The van der Waals surface area contributed by atoms with Crippen LogP contribution in [0, 0.1) is 0 Å². The summed E-state index contributed by atoms with van der Waals surface area (Å²) in [6.45, 7) is 5.82. The van der Waals surface area contributed by atoms with Gasteiger partial charge in [-0.05, 0) is 19.8 Å². The maximum atomic E-state index is 5.55. The van der Waals surface area contributed by atoms with Crippen molar-refractivity contribution >= 4 is 17.7 Å². The van der Waals surface area contributed by atoms with Crippen LogP contribution in [0.3, 0.4) is 0 Å². The average molecular weight is 284 g/mol. The van der Waals surface area contributed by atoms with E-state index in [9.17, 15) is 0 Å². The fraction of sp³-hybridized carbons (Fsp3) is 0.750. The van der Waals surface area contributed by atoms with Crippen LogP contribution in [0.15, 0.2) is 5.16 Å². The van der Waals surface area contributed by atoms with Crippen LogP contribution in [0.25, 0.3) is 0 Å². The lowest BCUT2D eigenvalue weighted by atomic mass is 10.3. The molecule has 1 saturated heterocycles. The van der Waals surface area contributed by atoms with Gasteiger partial charge in [-0.1, -0.05) is 18.7 Å². The first-order valence-corrected chi connectivity index (χ1v) is 7.43. The van der Waals surface area contributed by atoms with E-state index in [1.807, 2.05) is 0 Å². The van der Waals surface area contributed by atoms with E-state index in [1.54, 1.807) is 18.9 Å². The number of nitrogens with zero attached hydrogens (tertiary/aromatic N) is 3. The lowest BCUT2D eigenvalue weighted by Crippen LogP contribution is -2.14. The number of aromatic nitrogens is 3. The summed E-state index contributed by atoms with van der Waals surface area (Å²) < 4.78 is 10.7. The molecule has 0 aromatic carbocycles. The van der Waals surface area contributed by atoms with E-state index in [1.165, 1.54) is 0 Å². The molecule has 1 aromatic heterocycles. The van der Waals surface area contributed by atoms with Crippen LogP contribution >= 0.6 is 11.8 Å². The van der Waals surface area contributed by atoms with Crippen LogP contribution in [0.4, 0.5) is 5.95 Å². The van der Waals surface area contributed by atoms with Crippen LogP contribution in [-0.4, -0.2) is 46.6 Å². The topological polar surface area (TPSA) is 69.2 Å². The Morgan fingerprint density at radius 2 is 2.26 bits per heavy atom. The van der Waals surface area contributed by atoms with Gasteiger partial charge in [0, 0.05) is 18.4 Å². The van der Waals surface area contributed by atoms with Crippen LogP contribution in [0.5, 0.6) is 6.01 Å². The third-order valence-corrected chi connectivity index (χ3v) is 4.19. The smallest absolute Gasteiger partial charge is 0.321 e. The zero-order valence-electron chi connectivity index (χ0n) is 11.5. The number of hydrogen-bond acceptors (Lipinski definition) is 7. The van der Waals surface area contributed by atoms with Gasteiger partial charge in [-0.15, -0.1) is 0 Å². The molecule has 2 heterocycles. The van der Waals surface area contributed by atoms with Crippen molar-refractivity contribution in [3.05, 3.63) is 0 Å². The molecule has 1 aliphatic heterocycles.